The van der Waals surface area contributed by atoms with Crippen LogP contribution < -0.4 is 10.6 Å². The molecule has 0 aromatic carbocycles. The van der Waals surface area contributed by atoms with Gasteiger partial charge in [0.1, 0.15) is 11.6 Å². The smallest absolute Gasteiger partial charge is 0.231 e. The molecule has 1 aliphatic rings. The fraction of sp³-hybridized carbons (Fsp3) is 0.211. The molecule has 0 unspecified atom stereocenters. The van der Waals surface area contributed by atoms with Crippen LogP contribution in [0.3, 0.4) is 0 Å². The molecule has 27 heavy (non-hydrogen) atoms. The molecule has 1 saturated carbocycles. The average Bonchev–Trinajstić information content (AvgIpc) is 3.46. The van der Waals surface area contributed by atoms with Crippen molar-refractivity contribution in [1.82, 2.24) is 19.9 Å². The predicted molar refractivity (Wildman–Crippen MR) is 101 cm³/mol. The SMILES string of the molecule is CNc1ncc(-c2nc3ncccc3o2)c2cc(NC(=O)C3CC3)ncc12. The zero-order chi connectivity index (χ0) is 18.4. The summed E-state index contributed by atoms with van der Waals surface area (Å²) >= 11 is 0. The first kappa shape index (κ1) is 15.7. The molecular weight excluding hydrogens is 344 g/mol. The fourth-order valence-corrected chi connectivity index (χ4v) is 3.03. The standard InChI is InChI=1S/C19H16N6O2/c1-20-16-12-8-22-15(24-18(26)10-4-5-10)7-11(12)13(9-23-16)19-25-17-14(27-19)3-2-6-21-17/h2-3,6-10H,4-5H2,1H3,(H,20,23)(H,22,24,26). The van der Waals surface area contributed by atoms with Gasteiger partial charge in [0.05, 0.1) is 5.56 Å². The summed E-state index contributed by atoms with van der Waals surface area (Å²) in [6, 6.07) is 5.45. The number of hydrogen-bond acceptors (Lipinski definition) is 7. The van der Waals surface area contributed by atoms with Crippen molar-refractivity contribution in [2.75, 3.05) is 17.7 Å². The zero-order valence-electron chi connectivity index (χ0n) is 14.6. The monoisotopic (exact) mass is 360 g/mol. The molecule has 1 aliphatic carbocycles. The minimum atomic E-state index is 0.0114. The van der Waals surface area contributed by atoms with Gasteiger partial charge in [0.2, 0.25) is 11.8 Å². The Morgan fingerprint density at radius 1 is 1.19 bits per heavy atom. The van der Waals surface area contributed by atoms with E-state index in [0.717, 1.165) is 23.6 Å². The van der Waals surface area contributed by atoms with Crippen molar-refractivity contribution in [2.24, 2.45) is 5.92 Å². The van der Waals surface area contributed by atoms with Crippen LogP contribution in [0.25, 0.3) is 33.5 Å². The molecule has 1 amide bonds. The number of rotatable bonds is 4. The Morgan fingerprint density at radius 3 is 2.85 bits per heavy atom. The summed E-state index contributed by atoms with van der Waals surface area (Å²) in [5.74, 6) is 1.74. The third kappa shape index (κ3) is 2.75. The summed E-state index contributed by atoms with van der Waals surface area (Å²) in [6.45, 7) is 0. The van der Waals surface area contributed by atoms with E-state index >= 15 is 0 Å². The molecule has 8 heteroatoms. The lowest BCUT2D eigenvalue weighted by Crippen LogP contribution is -2.14. The first-order valence-corrected chi connectivity index (χ1v) is 8.72. The van der Waals surface area contributed by atoms with Crippen LogP contribution in [0.4, 0.5) is 11.6 Å². The molecule has 134 valence electrons. The van der Waals surface area contributed by atoms with E-state index in [9.17, 15) is 4.79 Å². The molecule has 4 aromatic heterocycles. The van der Waals surface area contributed by atoms with Crippen molar-refractivity contribution in [3.8, 4) is 11.5 Å². The molecule has 2 N–H and O–H groups in total. The first-order valence-electron chi connectivity index (χ1n) is 8.72. The highest BCUT2D eigenvalue weighted by Gasteiger charge is 2.30. The third-order valence-electron chi connectivity index (χ3n) is 4.60. The molecule has 4 aromatic rings. The van der Waals surface area contributed by atoms with Gasteiger partial charge >= 0.3 is 0 Å². The van der Waals surface area contributed by atoms with Crippen LogP contribution in [0.2, 0.25) is 0 Å². The van der Waals surface area contributed by atoms with Crippen LogP contribution in [0.5, 0.6) is 0 Å². The van der Waals surface area contributed by atoms with Gasteiger partial charge in [-0.2, -0.15) is 4.98 Å². The van der Waals surface area contributed by atoms with Crippen molar-refractivity contribution in [1.29, 1.82) is 0 Å². The van der Waals surface area contributed by atoms with E-state index in [4.69, 9.17) is 4.42 Å². The molecule has 4 heterocycles. The Morgan fingerprint density at radius 2 is 2.07 bits per heavy atom. The summed E-state index contributed by atoms with van der Waals surface area (Å²) in [5.41, 5.74) is 1.86. The summed E-state index contributed by atoms with van der Waals surface area (Å²) < 4.78 is 5.86. The second-order valence-electron chi connectivity index (χ2n) is 6.49. The van der Waals surface area contributed by atoms with Crippen LogP contribution in [-0.2, 0) is 4.79 Å². The summed E-state index contributed by atoms with van der Waals surface area (Å²) in [6.07, 6.45) is 6.94. The predicted octanol–water partition coefficient (Wildman–Crippen LogP) is 3.22. The summed E-state index contributed by atoms with van der Waals surface area (Å²) in [4.78, 5) is 29.6. The molecule has 0 atom stereocenters. The normalized spacial score (nSPS) is 13.8. The highest BCUT2D eigenvalue weighted by molar-refractivity contribution is 6.03. The van der Waals surface area contributed by atoms with Crippen molar-refractivity contribution in [2.45, 2.75) is 12.8 Å². The van der Waals surface area contributed by atoms with Crippen LogP contribution in [0, 0.1) is 5.92 Å². The van der Waals surface area contributed by atoms with Gasteiger partial charge < -0.3 is 15.1 Å². The van der Waals surface area contributed by atoms with E-state index in [1.54, 1.807) is 31.7 Å². The zero-order valence-corrected chi connectivity index (χ0v) is 14.6. The number of nitrogens with zero attached hydrogens (tertiary/aromatic N) is 4. The van der Waals surface area contributed by atoms with Gasteiger partial charge in [0, 0.05) is 42.3 Å². The Labute approximate surface area is 154 Å². The largest absolute Gasteiger partial charge is 0.434 e. The number of hydrogen-bond donors (Lipinski definition) is 2. The summed E-state index contributed by atoms with van der Waals surface area (Å²) in [7, 11) is 1.80. The number of aromatic nitrogens is 4. The lowest BCUT2D eigenvalue weighted by molar-refractivity contribution is -0.117. The van der Waals surface area contributed by atoms with Gasteiger partial charge in [0.25, 0.3) is 0 Å². The molecule has 5 rings (SSSR count). The maximum absolute atomic E-state index is 12.1. The van der Waals surface area contributed by atoms with Crippen molar-refractivity contribution >= 4 is 39.5 Å². The minimum absolute atomic E-state index is 0.0114. The fourth-order valence-electron chi connectivity index (χ4n) is 3.03. The van der Waals surface area contributed by atoms with E-state index in [0.29, 0.717) is 34.3 Å². The Kier molecular flexibility index (Phi) is 3.49. The van der Waals surface area contributed by atoms with Crippen molar-refractivity contribution in [3.05, 3.63) is 36.8 Å². The minimum Gasteiger partial charge on any atom is -0.434 e. The molecule has 8 nitrogen and oxygen atoms in total. The van der Waals surface area contributed by atoms with E-state index in [-0.39, 0.29) is 11.8 Å². The van der Waals surface area contributed by atoms with E-state index in [2.05, 4.69) is 30.6 Å². The van der Waals surface area contributed by atoms with Crippen LogP contribution in [0.1, 0.15) is 12.8 Å². The second-order valence-corrected chi connectivity index (χ2v) is 6.49. The molecular formula is C19H16N6O2. The first-order chi connectivity index (χ1) is 13.2. The second kappa shape index (κ2) is 6.01. The number of anilines is 2. The Balaban J connectivity index is 1.66. The number of carbonyl (C=O) groups excluding carboxylic acids is 1. The lowest BCUT2D eigenvalue weighted by Gasteiger charge is -2.10. The molecule has 0 saturated heterocycles. The Hall–Kier alpha value is -3.55. The van der Waals surface area contributed by atoms with E-state index in [1.165, 1.54) is 0 Å². The number of carbonyl (C=O) groups is 1. The van der Waals surface area contributed by atoms with Crippen LogP contribution in [-0.4, -0.2) is 32.9 Å². The topological polar surface area (TPSA) is 106 Å². The van der Waals surface area contributed by atoms with Gasteiger partial charge in [0.15, 0.2) is 11.2 Å². The molecule has 0 aliphatic heterocycles. The van der Waals surface area contributed by atoms with E-state index < -0.39 is 0 Å². The van der Waals surface area contributed by atoms with E-state index in [1.807, 2.05) is 12.1 Å². The highest BCUT2D eigenvalue weighted by atomic mass is 16.3. The van der Waals surface area contributed by atoms with Gasteiger partial charge in [-0.15, -0.1) is 0 Å². The van der Waals surface area contributed by atoms with Gasteiger partial charge in [-0.1, -0.05) is 0 Å². The number of fused-ring (bicyclic) bond motifs is 2. The van der Waals surface area contributed by atoms with Gasteiger partial charge in [-0.3, -0.25) is 4.79 Å². The van der Waals surface area contributed by atoms with Crippen molar-refractivity contribution < 1.29 is 9.21 Å². The number of amides is 1. The number of oxazole rings is 1. The van der Waals surface area contributed by atoms with Crippen LogP contribution in [0.15, 0.2) is 41.2 Å². The summed E-state index contributed by atoms with van der Waals surface area (Å²) in [5, 5.41) is 7.60. The van der Waals surface area contributed by atoms with Crippen LogP contribution >= 0.6 is 0 Å². The van der Waals surface area contributed by atoms with Gasteiger partial charge in [-0.25, -0.2) is 15.0 Å². The molecule has 1 fully saturated rings. The maximum Gasteiger partial charge on any atom is 0.231 e. The molecule has 0 spiro atoms. The molecule has 0 radical (unpaired) electrons. The highest BCUT2D eigenvalue weighted by Crippen LogP contribution is 2.34. The molecule has 0 bridgehead atoms. The maximum atomic E-state index is 12.1. The van der Waals surface area contributed by atoms with Gasteiger partial charge in [-0.05, 0) is 31.0 Å². The van der Waals surface area contributed by atoms with Crippen molar-refractivity contribution in [3.63, 3.8) is 0 Å². The third-order valence-corrected chi connectivity index (χ3v) is 4.60. The lowest BCUT2D eigenvalue weighted by atomic mass is 10.1. The number of nitrogens with one attached hydrogen (secondary N) is 2. The quantitative estimate of drug-likeness (QED) is 0.575. The number of pyridine rings is 3. The Bertz CT molecular complexity index is 1150. The average molecular weight is 360 g/mol.